The summed E-state index contributed by atoms with van der Waals surface area (Å²) in [6, 6.07) is 11.3. The van der Waals surface area contributed by atoms with Gasteiger partial charge in [0.05, 0.1) is 7.11 Å². The van der Waals surface area contributed by atoms with Gasteiger partial charge in [-0.05, 0) is 26.0 Å². The van der Waals surface area contributed by atoms with Crippen LogP contribution in [-0.2, 0) is 0 Å². The second-order valence-electron chi connectivity index (χ2n) is 4.44. The quantitative estimate of drug-likeness (QED) is 0.788. The lowest BCUT2D eigenvalue weighted by Gasteiger charge is -2.12. The van der Waals surface area contributed by atoms with E-state index in [1.807, 2.05) is 50.2 Å². The minimum Gasteiger partial charge on any atom is -0.496 e. The summed E-state index contributed by atoms with van der Waals surface area (Å²) in [6.45, 7) is 3.89. The van der Waals surface area contributed by atoms with Gasteiger partial charge in [-0.2, -0.15) is 0 Å². The van der Waals surface area contributed by atoms with Gasteiger partial charge in [0.1, 0.15) is 5.75 Å². The van der Waals surface area contributed by atoms with Crippen molar-refractivity contribution in [2.24, 2.45) is 0 Å². The number of methoxy groups -OCH3 is 1. The van der Waals surface area contributed by atoms with E-state index >= 15 is 0 Å². The second-order valence-corrected chi connectivity index (χ2v) is 5.30. The van der Waals surface area contributed by atoms with Crippen molar-refractivity contribution in [2.75, 3.05) is 7.11 Å². The molecule has 2 aromatic carbocycles. The van der Waals surface area contributed by atoms with Crippen LogP contribution in [0.3, 0.4) is 0 Å². The summed E-state index contributed by atoms with van der Waals surface area (Å²) >= 11 is 3.45. The van der Waals surface area contributed by atoms with E-state index in [-0.39, 0.29) is 5.78 Å². The van der Waals surface area contributed by atoms with Crippen LogP contribution in [-0.4, -0.2) is 12.9 Å². The van der Waals surface area contributed by atoms with Gasteiger partial charge in [-0.25, -0.2) is 0 Å². The fourth-order valence-corrected chi connectivity index (χ4v) is 2.62. The number of ether oxygens (including phenoxy) is 1. The maximum atomic E-state index is 12.6. The number of ketones is 1. The first kappa shape index (κ1) is 13.8. The Hall–Kier alpha value is -1.61. The topological polar surface area (TPSA) is 26.3 Å². The van der Waals surface area contributed by atoms with E-state index in [0.29, 0.717) is 11.1 Å². The van der Waals surface area contributed by atoms with Crippen LogP contribution < -0.4 is 4.74 Å². The van der Waals surface area contributed by atoms with Gasteiger partial charge in [0.15, 0.2) is 5.78 Å². The van der Waals surface area contributed by atoms with Crippen molar-refractivity contribution in [1.82, 2.24) is 0 Å². The van der Waals surface area contributed by atoms with Crippen LogP contribution in [0.4, 0.5) is 0 Å². The molecule has 0 aliphatic carbocycles. The van der Waals surface area contributed by atoms with Gasteiger partial charge in [0.2, 0.25) is 0 Å². The van der Waals surface area contributed by atoms with Crippen molar-refractivity contribution in [2.45, 2.75) is 13.8 Å². The van der Waals surface area contributed by atoms with Crippen molar-refractivity contribution < 1.29 is 9.53 Å². The van der Waals surface area contributed by atoms with Crippen LogP contribution in [0.15, 0.2) is 40.9 Å². The number of rotatable bonds is 3. The van der Waals surface area contributed by atoms with E-state index in [1.165, 1.54) is 0 Å². The SMILES string of the molecule is COc1ccc(Br)c(C(=O)c2ccc(C)cc2)c1C. The minimum atomic E-state index is 0.00303. The molecular formula is C16H15BrO2. The molecular weight excluding hydrogens is 304 g/mol. The van der Waals surface area contributed by atoms with Gasteiger partial charge in [0, 0.05) is 21.2 Å². The zero-order valence-corrected chi connectivity index (χ0v) is 12.7. The highest BCUT2D eigenvalue weighted by Gasteiger charge is 2.17. The molecule has 0 heterocycles. The number of benzene rings is 2. The third kappa shape index (κ3) is 2.71. The molecule has 0 fully saturated rings. The lowest BCUT2D eigenvalue weighted by atomic mass is 9.98. The summed E-state index contributed by atoms with van der Waals surface area (Å²) in [7, 11) is 1.61. The number of aryl methyl sites for hydroxylation is 1. The number of hydrogen-bond acceptors (Lipinski definition) is 2. The standard InChI is InChI=1S/C16H15BrO2/c1-10-4-6-12(7-5-10)16(18)15-11(2)14(19-3)9-8-13(15)17/h4-9H,1-3H3. The molecule has 2 aromatic rings. The third-order valence-corrected chi connectivity index (χ3v) is 3.79. The lowest BCUT2D eigenvalue weighted by Crippen LogP contribution is -2.06. The molecule has 0 amide bonds. The molecule has 0 atom stereocenters. The van der Waals surface area contributed by atoms with E-state index in [2.05, 4.69) is 15.9 Å². The van der Waals surface area contributed by atoms with E-state index in [1.54, 1.807) is 7.11 Å². The van der Waals surface area contributed by atoms with Gasteiger partial charge in [-0.3, -0.25) is 4.79 Å². The van der Waals surface area contributed by atoms with Crippen LogP contribution in [0.2, 0.25) is 0 Å². The lowest BCUT2D eigenvalue weighted by molar-refractivity contribution is 0.103. The molecule has 98 valence electrons. The number of carbonyl (C=O) groups excluding carboxylic acids is 1. The molecule has 0 radical (unpaired) electrons. The van der Waals surface area contributed by atoms with Gasteiger partial charge in [0.25, 0.3) is 0 Å². The van der Waals surface area contributed by atoms with E-state index < -0.39 is 0 Å². The van der Waals surface area contributed by atoms with Gasteiger partial charge >= 0.3 is 0 Å². The highest BCUT2D eigenvalue weighted by Crippen LogP contribution is 2.30. The molecule has 19 heavy (non-hydrogen) atoms. The van der Waals surface area contributed by atoms with Crippen molar-refractivity contribution in [1.29, 1.82) is 0 Å². The third-order valence-electron chi connectivity index (χ3n) is 3.13. The maximum absolute atomic E-state index is 12.6. The highest BCUT2D eigenvalue weighted by atomic mass is 79.9. The predicted molar refractivity (Wildman–Crippen MR) is 80.0 cm³/mol. The largest absolute Gasteiger partial charge is 0.496 e. The Kier molecular flexibility index (Phi) is 4.05. The molecule has 0 saturated heterocycles. The van der Waals surface area contributed by atoms with Crippen LogP contribution in [0.1, 0.15) is 27.0 Å². The Morgan fingerprint density at radius 2 is 1.68 bits per heavy atom. The minimum absolute atomic E-state index is 0.00303. The molecule has 0 aliphatic heterocycles. The van der Waals surface area contributed by atoms with Crippen LogP contribution in [0, 0.1) is 13.8 Å². The molecule has 0 aliphatic rings. The molecule has 2 nitrogen and oxygen atoms in total. The maximum Gasteiger partial charge on any atom is 0.194 e. The smallest absolute Gasteiger partial charge is 0.194 e. The fraction of sp³-hybridized carbons (Fsp3) is 0.188. The van der Waals surface area contributed by atoms with E-state index in [9.17, 15) is 4.79 Å². The monoisotopic (exact) mass is 318 g/mol. The molecule has 0 unspecified atom stereocenters. The zero-order chi connectivity index (χ0) is 14.0. The van der Waals surface area contributed by atoms with Gasteiger partial charge < -0.3 is 4.74 Å². The Morgan fingerprint density at radius 1 is 1.05 bits per heavy atom. The normalized spacial score (nSPS) is 10.3. The first-order chi connectivity index (χ1) is 9.04. The summed E-state index contributed by atoms with van der Waals surface area (Å²) in [5, 5.41) is 0. The molecule has 2 rings (SSSR count). The first-order valence-corrected chi connectivity index (χ1v) is 6.78. The van der Waals surface area contributed by atoms with Crippen LogP contribution in [0.5, 0.6) is 5.75 Å². The molecule has 3 heteroatoms. The second kappa shape index (κ2) is 5.57. The van der Waals surface area contributed by atoms with Gasteiger partial charge in [-0.1, -0.05) is 45.8 Å². The van der Waals surface area contributed by atoms with Crippen LogP contribution >= 0.6 is 15.9 Å². The van der Waals surface area contributed by atoms with Crippen molar-refractivity contribution in [3.63, 3.8) is 0 Å². The van der Waals surface area contributed by atoms with Crippen molar-refractivity contribution >= 4 is 21.7 Å². The summed E-state index contributed by atoms with van der Waals surface area (Å²) in [5.41, 5.74) is 3.33. The Labute approximate surface area is 121 Å². The van der Waals surface area contributed by atoms with Crippen LogP contribution in [0.25, 0.3) is 0 Å². The van der Waals surface area contributed by atoms with E-state index in [4.69, 9.17) is 4.74 Å². The average molecular weight is 319 g/mol. The number of carbonyl (C=O) groups is 1. The number of hydrogen-bond donors (Lipinski definition) is 0. The summed E-state index contributed by atoms with van der Waals surface area (Å²) in [5.74, 6) is 0.724. The van der Waals surface area contributed by atoms with Gasteiger partial charge in [-0.15, -0.1) is 0 Å². The average Bonchev–Trinajstić information content (AvgIpc) is 2.39. The van der Waals surface area contributed by atoms with Crippen molar-refractivity contribution in [3.8, 4) is 5.75 Å². The molecule has 0 aromatic heterocycles. The fourth-order valence-electron chi connectivity index (χ4n) is 2.01. The molecule has 0 bridgehead atoms. The van der Waals surface area contributed by atoms with Crippen molar-refractivity contribution in [3.05, 3.63) is 63.1 Å². The Morgan fingerprint density at radius 3 is 2.26 bits per heavy atom. The zero-order valence-electron chi connectivity index (χ0n) is 11.2. The molecule has 0 spiro atoms. The first-order valence-electron chi connectivity index (χ1n) is 5.99. The summed E-state index contributed by atoms with van der Waals surface area (Å²) in [4.78, 5) is 12.6. The molecule has 0 N–H and O–H groups in total. The molecule has 0 saturated carbocycles. The number of halogens is 1. The Balaban J connectivity index is 2.52. The highest BCUT2D eigenvalue weighted by molar-refractivity contribution is 9.10. The van der Waals surface area contributed by atoms with E-state index in [0.717, 1.165) is 21.3 Å². The summed E-state index contributed by atoms with van der Waals surface area (Å²) in [6.07, 6.45) is 0. The Bertz CT molecular complexity index is 615. The predicted octanol–water partition coefficient (Wildman–Crippen LogP) is 4.31. The summed E-state index contributed by atoms with van der Waals surface area (Å²) < 4.78 is 6.06.